The Morgan fingerprint density at radius 1 is 0.971 bits per heavy atom. The zero-order valence-electron chi connectivity index (χ0n) is 18.7. The molecular weight excluding hydrogens is 501 g/mol. The molecule has 0 unspecified atom stereocenters. The van der Waals surface area contributed by atoms with Crippen molar-refractivity contribution >= 4 is 46.4 Å². The van der Waals surface area contributed by atoms with Crippen molar-refractivity contribution < 1.29 is 17.9 Å². The molecular formula is C23H22ClF3N6OS. The van der Waals surface area contributed by atoms with Crippen molar-refractivity contribution in [3.63, 3.8) is 0 Å². The van der Waals surface area contributed by atoms with Crippen LogP contribution in [0.5, 0.6) is 5.88 Å². The molecule has 0 bridgehead atoms. The zero-order chi connectivity index (χ0) is 23.7. The van der Waals surface area contributed by atoms with Crippen molar-refractivity contribution in [3.05, 3.63) is 53.1 Å². The van der Waals surface area contributed by atoms with E-state index in [0.717, 1.165) is 24.6 Å². The van der Waals surface area contributed by atoms with Gasteiger partial charge in [-0.1, -0.05) is 0 Å². The van der Waals surface area contributed by atoms with Gasteiger partial charge in [-0.05, 0) is 40.9 Å². The van der Waals surface area contributed by atoms with E-state index in [1.54, 1.807) is 25.6 Å². The molecule has 5 heterocycles. The third-order valence-electron chi connectivity index (χ3n) is 5.73. The number of pyridine rings is 2. The molecule has 0 N–H and O–H groups in total. The van der Waals surface area contributed by atoms with Crippen LogP contribution in [0.25, 0.3) is 22.0 Å². The fourth-order valence-corrected chi connectivity index (χ4v) is 4.72. The Balaban J connectivity index is 0.00000289. The summed E-state index contributed by atoms with van der Waals surface area (Å²) in [5.74, 6) is 1.71. The van der Waals surface area contributed by atoms with Crippen molar-refractivity contribution in [2.45, 2.75) is 12.6 Å². The normalized spacial score (nSPS) is 14.5. The number of nitrogens with zero attached hydrogens (tertiary/aromatic N) is 6. The molecule has 0 radical (unpaired) electrons. The molecule has 0 spiro atoms. The van der Waals surface area contributed by atoms with Crippen LogP contribution in [-0.2, 0) is 6.18 Å². The van der Waals surface area contributed by atoms with E-state index in [9.17, 15) is 13.2 Å². The lowest BCUT2D eigenvalue weighted by atomic mass is 10.1. The highest BCUT2D eigenvalue weighted by atomic mass is 35.5. The number of hydrogen-bond donors (Lipinski definition) is 0. The molecule has 184 valence electrons. The number of fused-ring (bicyclic) bond motifs is 1. The maximum absolute atomic E-state index is 13.4. The van der Waals surface area contributed by atoms with E-state index >= 15 is 0 Å². The molecule has 1 aliphatic heterocycles. The number of rotatable bonds is 4. The molecule has 4 aromatic heterocycles. The van der Waals surface area contributed by atoms with Gasteiger partial charge in [0.05, 0.1) is 12.6 Å². The highest BCUT2D eigenvalue weighted by Gasteiger charge is 2.33. The third-order valence-corrected chi connectivity index (χ3v) is 6.42. The number of aromatic nitrogens is 4. The number of ether oxygens (including phenoxy) is 1. The highest BCUT2D eigenvalue weighted by Crippen LogP contribution is 2.36. The largest absolute Gasteiger partial charge is 0.481 e. The van der Waals surface area contributed by atoms with Crippen molar-refractivity contribution in [3.8, 4) is 17.0 Å². The summed E-state index contributed by atoms with van der Waals surface area (Å²) in [6.45, 7) is 2.69. The molecule has 1 saturated heterocycles. The van der Waals surface area contributed by atoms with E-state index in [2.05, 4.69) is 29.7 Å². The van der Waals surface area contributed by atoms with Crippen LogP contribution in [0.4, 0.5) is 24.9 Å². The average molecular weight is 523 g/mol. The molecule has 1 aliphatic rings. The summed E-state index contributed by atoms with van der Waals surface area (Å²) in [6.07, 6.45) is -0.430. The summed E-state index contributed by atoms with van der Waals surface area (Å²) in [7, 11) is 1.56. The first-order valence-electron chi connectivity index (χ1n) is 10.7. The Morgan fingerprint density at radius 3 is 2.51 bits per heavy atom. The summed E-state index contributed by atoms with van der Waals surface area (Å²) >= 11 is 1.47. The molecule has 35 heavy (non-hydrogen) atoms. The second kappa shape index (κ2) is 10.2. The smallest absolute Gasteiger partial charge is 0.433 e. The molecule has 4 aromatic rings. The van der Waals surface area contributed by atoms with Crippen molar-refractivity contribution in [1.29, 1.82) is 0 Å². The minimum absolute atomic E-state index is 0. The van der Waals surface area contributed by atoms with Gasteiger partial charge in [-0.15, -0.1) is 12.4 Å². The molecule has 7 nitrogen and oxygen atoms in total. The van der Waals surface area contributed by atoms with Crippen molar-refractivity contribution in [2.75, 3.05) is 43.1 Å². The van der Waals surface area contributed by atoms with Gasteiger partial charge in [0.1, 0.15) is 11.5 Å². The maximum atomic E-state index is 13.4. The van der Waals surface area contributed by atoms with Crippen LogP contribution in [-0.4, -0.2) is 53.2 Å². The van der Waals surface area contributed by atoms with Gasteiger partial charge in [0.25, 0.3) is 0 Å². The van der Waals surface area contributed by atoms with E-state index in [1.807, 2.05) is 16.8 Å². The molecule has 12 heteroatoms. The minimum Gasteiger partial charge on any atom is -0.481 e. The number of alkyl halides is 3. The van der Waals surface area contributed by atoms with Crippen molar-refractivity contribution in [2.24, 2.45) is 0 Å². The molecule has 5 rings (SSSR count). The summed E-state index contributed by atoms with van der Waals surface area (Å²) in [5, 5.41) is 4.37. The van der Waals surface area contributed by atoms with Crippen LogP contribution in [0.3, 0.4) is 0 Å². The third kappa shape index (κ3) is 5.10. The van der Waals surface area contributed by atoms with Crippen LogP contribution >= 0.6 is 23.7 Å². The fourth-order valence-electron chi connectivity index (χ4n) is 4.07. The second-order valence-corrected chi connectivity index (χ2v) is 8.60. The van der Waals surface area contributed by atoms with Crippen LogP contribution in [0, 0.1) is 0 Å². The van der Waals surface area contributed by atoms with Crippen LogP contribution < -0.4 is 14.5 Å². The first-order chi connectivity index (χ1) is 16.4. The predicted octanol–water partition coefficient (Wildman–Crippen LogP) is 5.31. The Hall–Kier alpha value is -3.18. The molecule has 0 aliphatic carbocycles. The molecule has 1 fully saturated rings. The van der Waals surface area contributed by atoms with E-state index in [1.165, 1.54) is 17.4 Å². The topological polar surface area (TPSA) is 67.3 Å². The zero-order valence-corrected chi connectivity index (χ0v) is 20.3. The average Bonchev–Trinajstić information content (AvgIpc) is 3.27. The lowest BCUT2D eigenvalue weighted by Crippen LogP contribution is -2.32. The Morgan fingerprint density at radius 2 is 1.77 bits per heavy atom. The summed E-state index contributed by atoms with van der Waals surface area (Å²) in [5.41, 5.74) is 0.784. The van der Waals surface area contributed by atoms with Gasteiger partial charge in [0.2, 0.25) is 11.8 Å². The van der Waals surface area contributed by atoms with Gasteiger partial charge in [0.15, 0.2) is 0 Å². The summed E-state index contributed by atoms with van der Waals surface area (Å²) in [4.78, 5) is 21.7. The number of hydrogen-bond acceptors (Lipinski definition) is 8. The van der Waals surface area contributed by atoms with Crippen LogP contribution in [0.2, 0.25) is 0 Å². The summed E-state index contributed by atoms with van der Waals surface area (Å²) in [6, 6.07) is 6.07. The monoisotopic (exact) mass is 522 g/mol. The minimum atomic E-state index is -4.52. The van der Waals surface area contributed by atoms with E-state index in [0.29, 0.717) is 53.7 Å². The predicted molar refractivity (Wildman–Crippen MR) is 133 cm³/mol. The first kappa shape index (κ1) is 24.9. The lowest BCUT2D eigenvalue weighted by molar-refractivity contribution is -0.140. The van der Waals surface area contributed by atoms with Crippen LogP contribution in [0.15, 0.2) is 47.4 Å². The Bertz CT molecular complexity index is 1300. The van der Waals surface area contributed by atoms with Gasteiger partial charge in [-0.2, -0.15) is 29.5 Å². The van der Waals surface area contributed by atoms with Gasteiger partial charge < -0.3 is 14.5 Å². The Kier molecular flexibility index (Phi) is 7.27. The molecule has 0 amide bonds. The summed E-state index contributed by atoms with van der Waals surface area (Å²) < 4.78 is 45.5. The maximum Gasteiger partial charge on any atom is 0.433 e. The van der Waals surface area contributed by atoms with E-state index in [4.69, 9.17) is 4.74 Å². The fraction of sp³-hybridized carbons (Fsp3) is 0.304. The number of methoxy groups -OCH3 is 1. The van der Waals surface area contributed by atoms with E-state index in [-0.39, 0.29) is 12.4 Å². The van der Waals surface area contributed by atoms with Crippen molar-refractivity contribution in [1.82, 2.24) is 19.9 Å². The number of halogens is 4. The number of thiophene rings is 1. The first-order valence-corrected chi connectivity index (χ1v) is 11.6. The molecule has 0 saturated carbocycles. The SMILES string of the molecule is COc1ccnc(N2CCCN(c3ncc(-c4ccsc4)c4nc(C(F)(F)F)ccc34)CC2)n1.Cl. The Labute approximate surface area is 210 Å². The highest BCUT2D eigenvalue weighted by molar-refractivity contribution is 7.08. The molecule has 0 atom stereocenters. The van der Waals surface area contributed by atoms with Gasteiger partial charge in [-0.3, -0.25) is 0 Å². The van der Waals surface area contributed by atoms with Gasteiger partial charge in [0, 0.05) is 55.6 Å². The van der Waals surface area contributed by atoms with Gasteiger partial charge in [-0.25, -0.2) is 15.0 Å². The van der Waals surface area contributed by atoms with Gasteiger partial charge >= 0.3 is 6.18 Å². The standard InChI is InChI=1S/C23H21F3N6OS.ClH/c1-33-19-5-7-27-22(30-19)32-9-2-8-31(10-11-32)21-16-3-4-18(23(24,25)26)29-20(16)17(13-28-21)15-6-12-34-14-15;/h3-7,12-14H,2,8-11H2,1H3;1H. The van der Waals surface area contributed by atoms with E-state index < -0.39 is 11.9 Å². The van der Waals surface area contributed by atoms with Crippen LogP contribution in [0.1, 0.15) is 12.1 Å². The number of anilines is 2. The lowest BCUT2D eigenvalue weighted by Gasteiger charge is -2.24. The quantitative estimate of drug-likeness (QED) is 0.359. The molecule has 0 aromatic carbocycles. The second-order valence-electron chi connectivity index (χ2n) is 7.82.